The second-order valence-corrected chi connectivity index (χ2v) is 2.49. The third-order valence-electron chi connectivity index (χ3n) is 1.69. The van der Waals surface area contributed by atoms with Crippen LogP contribution in [-0.4, -0.2) is 19.6 Å². The van der Waals surface area contributed by atoms with E-state index >= 15 is 0 Å². The molecule has 0 aliphatic carbocycles. The summed E-state index contributed by atoms with van der Waals surface area (Å²) in [6, 6.07) is 0. The zero-order chi connectivity index (χ0) is 6.53. The third-order valence-corrected chi connectivity index (χ3v) is 1.69. The molecule has 0 aromatic heterocycles. The molecule has 1 heterocycles. The molecule has 2 heteroatoms. The van der Waals surface area contributed by atoms with Crippen LogP contribution in [0.1, 0.15) is 12.8 Å². The van der Waals surface area contributed by atoms with Gasteiger partial charge in [-0.15, -0.1) is 0 Å². The van der Waals surface area contributed by atoms with E-state index in [1.807, 2.05) is 0 Å². The minimum Gasteiger partial charge on any atom is -0.330 e. The lowest BCUT2D eigenvalue weighted by molar-refractivity contribution is 0.438. The van der Waals surface area contributed by atoms with E-state index < -0.39 is 0 Å². The first kappa shape index (κ1) is 7.03. The van der Waals surface area contributed by atoms with Crippen molar-refractivity contribution in [1.29, 1.82) is 0 Å². The number of hydrogen-bond donors (Lipinski definition) is 1. The number of nitrogens with two attached hydrogens (primary N) is 1. The average Bonchev–Trinajstić information content (AvgIpc) is 1.91. The van der Waals surface area contributed by atoms with Crippen LogP contribution >= 0.6 is 0 Å². The highest BCUT2D eigenvalue weighted by atomic mass is 14.9. The first-order valence-electron chi connectivity index (χ1n) is 3.60. The van der Waals surface area contributed by atoms with E-state index in [4.69, 9.17) is 5.73 Å². The Morgan fingerprint density at radius 3 is 3.11 bits per heavy atom. The van der Waals surface area contributed by atoms with Gasteiger partial charge in [0.05, 0.1) is 0 Å². The molecular formula is C7H14N2. The fraction of sp³-hybridized carbons (Fsp3) is 0.857. The summed E-state index contributed by atoms with van der Waals surface area (Å²) in [5.41, 5.74) is 5.40. The molecule has 52 valence electrons. The summed E-state index contributed by atoms with van der Waals surface area (Å²) in [4.78, 5) is 0. The monoisotopic (exact) mass is 126 g/mol. The van der Waals surface area contributed by atoms with Crippen LogP contribution in [0, 0.1) is 12.3 Å². The normalized spacial score (nSPS) is 28.3. The molecule has 2 N–H and O–H groups in total. The highest BCUT2D eigenvalue weighted by molar-refractivity contribution is 4.83. The molecule has 0 saturated carbocycles. The van der Waals surface area contributed by atoms with Crippen molar-refractivity contribution in [3.05, 3.63) is 6.42 Å². The molecule has 1 fully saturated rings. The van der Waals surface area contributed by atoms with Crippen LogP contribution in [0.4, 0.5) is 0 Å². The molecule has 0 spiro atoms. The number of nitrogens with zero attached hydrogens (tertiary/aromatic N) is 1. The Bertz CT molecular complexity index is 64.6. The van der Waals surface area contributed by atoms with Crippen LogP contribution in [0.25, 0.3) is 0 Å². The van der Waals surface area contributed by atoms with Gasteiger partial charge in [0.1, 0.15) is 0 Å². The van der Waals surface area contributed by atoms with E-state index in [-0.39, 0.29) is 0 Å². The van der Waals surface area contributed by atoms with E-state index in [0.717, 1.165) is 32.5 Å². The Hall–Kier alpha value is -0.0800. The Morgan fingerprint density at radius 2 is 2.56 bits per heavy atom. The predicted molar refractivity (Wildman–Crippen MR) is 37.9 cm³/mol. The zero-order valence-corrected chi connectivity index (χ0v) is 5.71. The fourth-order valence-corrected chi connectivity index (χ4v) is 1.16. The number of piperidine rings is 1. The summed E-state index contributed by atoms with van der Waals surface area (Å²) in [5.74, 6) is 0.684. The van der Waals surface area contributed by atoms with Gasteiger partial charge in [-0.05, 0) is 31.7 Å². The second-order valence-electron chi connectivity index (χ2n) is 2.49. The number of hydrogen-bond acceptors (Lipinski definition) is 1. The number of rotatable bonds is 2. The van der Waals surface area contributed by atoms with Crippen LogP contribution in [0.5, 0.6) is 0 Å². The highest BCUT2D eigenvalue weighted by Crippen LogP contribution is 2.11. The van der Waals surface area contributed by atoms with E-state index in [1.54, 1.807) is 0 Å². The van der Waals surface area contributed by atoms with Crippen molar-refractivity contribution >= 4 is 0 Å². The van der Waals surface area contributed by atoms with Crippen molar-refractivity contribution in [1.82, 2.24) is 5.32 Å². The molecule has 0 aromatic rings. The SMILES string of the molecule is NCCC1[CH]CC[N]C1. The zero-order valence-electron chi connectivity index (χ0n) is 5.71. The molecule has 1 saturated heterocycles. The second kappa shape index (κ2) is 3.85. The molecule has 1 unspecified atom stereocenters. The molecular weight excluding hydrogens is 112 g/mol. The molecule has 2 nitrogen and oxygen atoms in total. The maximum Gasteiger partial charge on any atom is 0.0164 e. The Kier molecular flexibility index (Phi) is 3.01. The van der Waals surface area contributed by atoms with Gasteiger partial charge in [0.15, 0.2) is 0 Å². The Balaban J connectivity index is 2.08. The van der Waals surface area contributed by atoms with Crippen molar-refractivity contribution in [2.45, 2.75) is 12.8 Å². The average molecular weight is 126 g/mol. The maximum absolute atomic E-state index is 5.40. The topological polar surface area (TPSA) is 40.1 Å². The van der Waals surface area contributed by atoms with E-state index in [0.29, 0.717) is 5.92 Å². The predicted octanol–water partition coefficient (Wildman–Crippen LogP) is 0.164. The minimum atomic E-state index is 0.684. The molecule has 0 amide bonds. The molecule has 0 bridgehead atoms. The molecule has 1 atom stereocenters. The lowest BCUT2D eigenvalue weighted by Gasteiger charge is -2.19. The van der Waals surface area contributed by atoms with Gasteiger partial charge in [-0.3, -0.25) is 0 Å². The van der Waals surface area contributed by atoms with Crippen molar-refractivity contribution in [2.24, 2.45) is 11.7 Å². The lowest BCUT2D eigenvalue weighted by atomic mass is 9.96. The van der Waals surface area contributed by atoms with Gasteiger partial charge in [-0.2, -0.15) is 0 Å². The standard InChI is InChI=1S/C7H14N2/c8-4-3-7-2-1-5-9-6-7/h2,7H,1,3-6,8H2. The minimum absolute atomic E-state index is 0.684. The largest absolute Gasteiger partial charge is 0.330 e. The van der Waals surface area contributed by atoms with Gasteiger partial charge in [0.2, 0.25) is 0 Å². The maximum atomic E-state index is 5.40. The van der Waals surface area contributed by atoms with Crippen LogP contribution in [0.2, 0.25) is 0 Å². The van der Waals surface area contributed by atoms with Gasteiger partial charge in [-0.1, -0.05) is 0 Å². The van der Waals surface area contributed by atoms with Gasteiger partial charge < -0.3 is 5.73 Å². The quantitative estimate of drug-likeness (QED) is 0.562. The van der Waals surface area contributed by atoms with Gasteiger partial charge in [0, 0.05) is 13.1 Å². The van der Waals surface area contributed by atoms with Crippen molar-refractivity contribution in [2.75, 3.05) is 19.6 Å². The Morgan fingerprint density at radius 1 is 1.67 bits per heavy atom. The summed E-state index contributed by atoms with van der Waals surface area (Å²) in [7, 11) is 0. The van der Waals surface area contributed by atoms with Gasteiger partial charge in [0.25, 0.3) is 0 Å². The van der Waals surface area contributed by atoms with E-state index in [2.05, 4.69) is 11.7 Å². The fourth-order valence-electron chi connectivity index (χ4n) is 1.16. The van der Waals surface area contributed by atoms with Crippen LogP contribution < -0.4 is 11.1 Å². The Labute approximate surface area is 56.8 Å². The summed E-state index contributed by atoms with van der Waals surface area (Å²) in [6.07, 6.45) is 4.62. The third kappa shape index (κ3) is 2.33. The van der Waals surface area contributed by atoms with Crippen LogP contribution in [0.3, 0.4) is 0 Å². The van der Waals surface area contributed by atoms with Gasteiger partial charge >= 0.3 is 0 Å². The van der Waals surface area contributed by atoms with Crippen molar-refractivity contribution in [3.8, 4) is 0 Å². The van der Waals surface area contributed by atoms with Crippen molar-refractivity contribution < 1.29 is 0 Å². The molecule has 2 radical (unpaired) electrons. The molecule has 1 aliphatic heterocycles. The summed E-state index contributed by atoms with van der Waals surface area (Å²) in [6.45, 7) is 2.84. The summed E-state index contributed by atoms with van der Waals surface area (Å²) in [5, 5.41) is 4.29. The smallest absolute Gasteiger partial charge is 0.0164 e. The lowest BCUT2D eigenvalue weighted by Crippen LogP contribution is -2.26. The first-order valence-corrected chi connectivity index (χ1v) is 3.60. The van der Waals surface area contributed by atoms with Crippen molar-refractivity contribution in [3.63, 3.8) is 0 Å². The molecule has 0 aromatic carbocycles. The summed E-state index contributed by atoms with van der Waals surface area (Å²) < 4.78 is 0. The van der Waals surface area contributed by atoms with Crippen LogP contribution in [0.15, 0.2) is 0 Å². The highest BCUT2D eigenvalue weighted by Gasteiger charge is 2.11. The van der Waals surface area contributed by atoms with E-state index in [9.17, 15) is 0 Å². The first-order chi connectivity index (χ1) is 4.43. The summed E-state index contributed by atoms with van der Waals surface area (Å²) >= 11 is 0. The molecule has 1 rings (SSSR count). The van der Waals surface area contributed by atoms with Gasteiger partial charge in [-0.25, -0.2) is 5.32 Å². The van der Waals surface area contributed by atoms with E-state index in [1.165, 1.54) is 0 Å². The van der Waals surface area contributed by atoms with Crippen LogP contribution in [-0.2, 0) is 0 Å². The molecule has 1 aliphatic rings. The molecule has 9 heavy (non-hydrogen) atoms.